The molecule has 0 bridgehead atoms. The Balaban J connectivity index is 1.85. The molecule has 0 atom stereocenters. The van der Waals surface area contributed by atoms with E-state index in [4.69, 9.17) is 5.26 Å². The summed E-state index contributed by atoms with van der Waals surface area (Å²) in [7, 11) is 0. The first kappa shape index (κ1) is 16.7. The van der Waals surface area contributed by atoms with Crippen molar-refractivity contribution in [2.24, 2.45) is 5.92 Å². The molecule has 0 radical (unpaired) electrons. The molecule has 1 aromatic rings. The van der Waals surface area contributed by atoms with Gasteiger partial charge in [-0.05, 0) is 67.6 Å². The van der Waals surface area contributed by atoms with E-state index >= 15 is 0 Å². The lowest BCUT2D eigenvalue weighted by Crippen LogP contribution is -2.12. The van der Waals surface area contributed by atoms with Crippen LogP contribution in [0.5, 0.6) is 0 Å². The number of rotatable bonds is 6. The molecule has 2 heteroatoms. The van der Waals surface area contributed by atoms with Crippen molar-refractivity contribution in [2.75, 3.05) is 0 Å². The highest BCUT2D eigenvalue weighted by Crippen LogP contribution is 2.36. The Kier molecular flexibility index (Phi) is 6.65. The molecule has 0 spiro atoms. The lowest BCUT2D eigenvalue weighted by atomic mass is 9.78. The fourth-order valence-corrected chi connectivity index (χ4v) is 3.40. The molecule has 0 unspecified atom stereocenters. The van der Waals surface area contributed by atoms with Crippen molar-refractivity contribution in [1.29, 1.82) is 5.26 Å². The van der Waals surface area contributed by atoms with Crippen molar-refractivity contribution in [3.63, 3.8) is 0 Å². The summed E-state index contributed by atoms with van der Waals surface area (Å²) in [5.41, 5.74) is 2.85. The third kappa shape index (κ3) is 4.98. The largest absolute Gasteiger partial charge is 0.196 e. The molecule has 22 heavy (non-hydrogen) atoms. The van der Waals surface area contributed by atoms with Crippen LogP contribution in [0, 0.1) is 17.2 Å². The van der Waals surface area contributed by atoms with E-state index in [1.54, 1.807) is 6.07 Å². The molecule has 1 saturated carbocycles. The number of halogens is 1. The second-order valence-corrected chi connectivity index (χ2v) is 6.44. The lowest BCUT2D eigenvalue weighted by molar-refractivity contribution is 0.372. The number of hydrogen-bond acceptors (Lipinski definition) is 1. The number of nitrogens with zero attached hydrogens (tertiary/aromatic N) is 1. The summed E-state index contributed by atoms with van der Waals surface area (Å²) in [5, 5.41) is 8.51. The standard InChI is InChI=1S/C20H26FN/c1-2-3-4-5-16-6-10-18(11-7-16)19-12-8-17(9-13-19)14-20(21)15-22/h6-7,10-11,14,17,19H,2-5,8-9,12-13H2,1H3/b20-14+/t17-,19-. The molecule has 1 aliphatic rings. The zero-order valence-electron chi connectivity index (χ0n) is 13.5. The Morgan fingerprint density at radius 1 is 1.18 bits per heavy atom. The van der Waals surface area contributed by atoms with Gasteiger partial charge in [0, 0.05) is 0 Å². The summed E-state index contributed by atoms with van der Waals surface area (Å²) < 4.78 is 13.0. The van der Waals surface area contributed by atoms with Gasteiger partial charge < -0.3 is 0 Å². The van der Waals surface area contributed by atoms with Gasteiger partial charge in [0.15, 0.2) is 5.83 Å². The topological polar surface area (TPSA) is 23.8 Å². The summed E-state index contributed by atoms with van der Waals surface area (Å²) in [4.78, 5) is 0. The van der Waals surface area contributed by atoms with Crippen molar-refractivity contribution in [1.82, 2.24) is 0 Å². The number of benzene rings is 1. The third-order valence-corrected chi connectivity index (χ3v) is 4.78. The molecule has 1 aliphatic carbocycles. The van der Waals surface area contributed by atoms with Crippen molar-refractivity contribution in [2.45, 2.75) is 64.2 Å². The lowest BCUT2D eigenvalue weighted by Gasteiger charge is -2.27. The molecule has 0 heterocycles. The average Bonchev–Trinajstić information content (AvgIpc) is 2.56. The summed E-state index contributed by atoms with van der Waals surface area (Å²) in [6, 6.07) is 10.7. The van der Waals surface area contributed by atoms with Crippen LogP contribution in [-0.2, 0) is 6.42 Å². The molecular formula is C20H26FN. The molecular weight excluding hydrogens is 273 g/mol. The molecule has 0 aliphatic heterocycles. The minimum atomic E-state index is -0.625. The van der Waals surface area contributed by atoms with Crippen LogP contribution in [0.25, 0.3) is 0 Å². The highest BCUT2D eigenvalue weighted by molar-refractivity contribution is 5.26. The van der Waals surface area contributed by atoms with Crippen LogP contribution in [0.2, 0.25) is 0 Å². The van der Waals surface area contributed by atoms with E-state index < -0.39 is 5.83 Å². The predicted molar refractivity (Wildman–Crippen MR) is 89.2 cm³/mol. The van der Waals surface area contributed by atoms with Crippen LogP contribution >= 0.6 is 0 Å². The summed E-state index contributed by atoms with van der Waals surface area (Å²) in [6.45, 7) is 2.23. The fraction of sp³-hybridized carbons (Fsp3) is 0.550. The molecule has 0 amide bonds. The van der Waals surface area contributed by atoms with E-state index in [0.29, 0.717) is 5.92 Å². The number of aryl methyl sites for hydroxylation is 1. The maximum atomic E-state index is 13.0. The van der Waals surface area contributed by atoms with Crippen molar-refractivity contribution in [3.05, 3.63) is 47.3 Å². The van der Waals surface area contributed by atoms with E-state index in [2.05, 4.69) is 31.2 Å². The first-order valence-electron chi connectivity index (χ1n) is 8.59. The Hall–Kier alpha value is -1.62. The van der Waals surface area contributed by atoms with E-state index in [1.807, 2.05) is 0 Å². The van der Waals surface area contributed by atoms with Gasteiger partial charge in [0.25, 0.3) is 0 Å². The van der Waals surface area contributed by atoms with Gasteiger partial charge in [-0.3, -0.25) is 0 Å². The van der Waals surface area contributed by atoms with E-state index in [-0.39, 0.29) is 5.92 Å². The summed E-state index contributed by atoms with van der Waals surface area (Å²) >= 11 is 0. The second kappa shape index (κ2) is 8.73. The highest BCUT2D eigenvalue weighted by atomic mass is 19.1. The molecule has 2 rings (SSSR count). The smallest absolute Gasteiger partial charge is 0.195 e. The van der Waals surface area contributed by atoms with Gasteiger partial charge in [0.05, 0.1) is 0 Å². The van der Waals surface area contributed by atoms with Gasteiger partial charge in [0.1, 0.15) is 6.07 Å². The van der Waals surface area contributed by atoms with Crippen molar-refractivity contribution < 1.29 is 4.39 Å². The Morgan fingerprint density at radius 2 is 1.86 bits per heavy atom. The molecule has 0 saturated heterocycles. The maximum Gasteiger partial charge on any atom is 0.196 e. The molecule has 118 valence electrons. The molecule has 1 aromatic carbocycles. The minimum Gasteiger partial charge on any atom is -0.195 e. The van der Waals surface area contributed by atoms with Crippen LogP contribution in [0.15, 0.2) is 36.2 Å². The SMILES string of the molecule is CCCCCc1ccc([C@H]2CC[C@H](/C=C(/F)C#N)CC2)cc1. The number of hydrogen-bond donors (Lipinski definition) is 0. The fourth-order valence-electron chi connectivity index (χ4n) is 3.40. The zero-order chi connectivity index (χ0) is 15.8. The van der Waals surface area contributed by atoms with Crippen LogP contribution in [0.1, 0.15) is 68.9 Å². The van der Waals surface area contributed by atoms with Gasteiger partial charge in [-0.25, -0.2) is 0 Å². The number of unbranched alkanes of at least 4 members (excludes halogenated alkanes) is 2. The Labute approximate surface area is 133 Å². The van der Waals surface area contributed by atoms with Crippen molar-refractivity contribution >= 4 is 0 Å². The minimum absolute atomic E-state index is 0.240. The molecule has 1 nitrogen and oxygen atoms in total. The summed E-state index contributed by atoms with van der Waals surface area (Å²) in [6.07, 6.45) is 10.7. The zero-order valence-corrected chi connectivity index (χ0v) is 13.5. The first-order chi connectivity index (χ1) is 10.7. The Morgan fingerprint density at radius 3 is 2.45 bits per heavy atom. The highest BCUT2D eigenvalue weighted by Gasteiger charge is 2.21. The van der Waals surface area contributed by atoms with E-state index in [9.17, 15) is 4.39 Å². The third-order valence-electron chi connectivity index (χ3n) is 4.78. The van der Waals surface area contributed by atoms with Gasteiger partial charge in [0.2, 0.25) is 0 Å². The predicted octanol–water partition coefficient (Wildman–Crippen LogP) is 6.07. The monoisotopic (exact) mass is 299 g/mol. The van der Waals surface area contributed by atoms with Crippen LogP contribution in [0.4, 0.5) is 4.39 Å². The quantitative estimate of drug-likeness (QED) is 0.462. The Bertz CT molecular complexity index is 516. The van der Waals surface area contributed by atoms with Crippen LogP contribution < -0.4 is 0 Å². The first-order valence-corrected chi connectivity index (χ1v) is 8.59. The van der Waals surface area contributed by atoms with Crippen LogP contribution in [0.3, 0.4) is 0 Å². The average molecular weight is 299 g/mol. The van der Waals surface area contributed by atoms with Gasteiger partial charge >= 0.3 is 0 Å². The van der Waals surface area contributed by atoms with Crippen LogP contribution in [-0.4, -0.2) is 0 Å². The van der Waals surface area contributed by atoms with Gasteiger partial charge in [-0.1, -0.05) is 44.0 Å². The number of nitriles is 1. The maximum absolute atomic E-state index is 13.0. The van der Waals surface area contributed by atoms with Gasteiger partial charge in [-0.15, -0.1) is 0 Å². The molecule has 0 N–H and O–H groups in total. The molecule has 0 aromatic heterocycles. The van der Waals surface area contributed by atoms with Gasteiger partial charge in [-0.2, -0.15) is 9.65 Å². The summed E-state index contributed by atoms with van der Waals surface area (Å²) in [5.74, 6) is 0.212. The van der Waals surface area contributed by atoms with E-state index in [1.165, 1.54) is 42.9 Å². The molecule has 1 fully saturated rings. The normalized spacial score (nSPS) is 22.3. The van der Waals surface area contributed by atoms with Crippen molar-refractivity contribution in [3.8, 4) is 6.07 Å². The van der Waals surface area contributed by atoms with E-state index in [0.717, 1.165) is 25.7 Å². The number of allylic oxidation sites excluding steroid dienone is 2. The second-order valence-electron chi connectivity index (χ2n) is 6.44.